The molecule has 6 nitrogen and oxygen atoms in total. The van der Waals surface area contributed by atoms with E-state index >= 15 is 0 Å². The van der Waals surface area contributed by atoms with Crippen molar-refractivity contribution >= 4 is 11.7 Å². The minimum absolute atomic E-state index is 0.0339. The number of carbonyl (C=O) groups is 1. The normalized spacial score (nSPS) is 17.2. The molecule has 6 heteroatoms. The average molecular weight is 400 g/mol. The van der Waals surface area contributed by atoms with Gasteiger partial charge in [-0.1, -0.05) is 12.1 Å². The number of nitrogens with zero attached hydrogens (tertiary/aromatic N) is 1. The van der Waals surface area contributed by atoms with Gasteiger partial charge in [-0.25, -0.2) is 4.98 Å². The molecule has 150 valence electrons. The topological polar surface area (TPSA) is 69.7 Å². The lowest BCUT2D eigenvalue weighted by Crippen LogP contribution is -2.28. The summed E-state index contributed by atoms with van der Waals surface area (Å²) in [6, 6.07) is 17.6. The molecule has 3 aromatic rings. The number of carbonyl (C=O) groups excluding carboxylic acids is 1. The molecule has 2 aliphatic heterocycles. The lowest BCUT2D eigenvalue weighted by molar-refractivity contribution is -0.118. The summed E-state index contributed by atoms with van der Waals surface area (Å²) >= 11 is 0. The lowest BCUT2D eigenvalue weighted by atomic mass is 9.94. The Kier molecular flexibility index (Phi) is 3.75. The number of hydrogen-bond acceptors (Lipinski definition) is 5. The number of aromatic nitrogens is 1. The van der Waals surface area contributed by atoms with Crippen molar-refractivity contribution in [2.24, 2.45) is 0 Å². The van der Waals surface area contributed by atoms with E-state index in [-0.39, 0.29) is 12.7 Å². The van der Waals surface area contributed by atoms with Crippen LogP contribution in [-0.4, -0.2) is 24.3 Å². The van der Waals surface area contributed by atoms with Crippen LogP contribution in [0.1, 0.15) is 24.0 Å². The largest absolute Gasteiger partial charge is 0.493 e. The van der Waals surface area contributed by atoms with Crippen LogP contribution in [0.25, 0.3) is 11.3 Å². The highest BCUT2D eigenvalue weighted by Gasteiger charge is 2.51. The van der Waals surface area contributed by atoms with Crippen molar-refractivity contribution in [1.29, 1.82) is 0 Å². The minimum atomic E-state index is -0.524. The van der Waals surface area contributed by atoms with Crippen molar-refractivity contribution in [3.63, 3.8) is 0 Å². The maximum absolute atomic E-state index is 13.2. The molecule has 30 heavy (non-hydrogen) atoms. The Morgan fingerprint density at radius 3 is 2.70 bits per heavy atom. The number of anilines is 1. The fraction of sp³-hybridized carbons (Fsp3) is 0.250. The highest BCUT2D eigenvalue weighted by atomic mass is 16.7. The van der Waals surface area contributed by atoms with Crippen LogP contribution in [0, 0.1) is 0 Å². The molecule has 0 bridgehead atoms. The van der Waals surface area contributed by atoms with Gasteiger partial charge in [-0.15, -0.1) is 0 Å². The minimum Gasteiger partial charge on any atom is -0.493 e. The van der Waals surface area contributed by atoms with Crippen LogP contribution in [-0.2, 0) is 16.6 Å². The van der Waals surface area contributed by atoms with E-state index in [2.05, 4.69) is 16.4 Å². The first-order valence-electron chi connectivity index (χ1n) is 10.2. The molecule has 3 aliphatic rings. The van der Waals surface area contributed by atoms with E-state index in [1.807, 2.05) is 48.5 Å². The van der Waals surface area contributed by atoms with Crippen molar-refractivity contribution in [2.45, 2.75) is 24.7 Å². The van der Waals surface area contributed by atoms with Gasteiger partial charge in [0.15, 0.2) is 11.5 Å². The first-order chi connectivity index (χ1) is 14.7. The summed E-state index contributed by atoms with van der Waals surface area (Å²) in [6.45, 7) is 0.952. The molecular formula is C24H20N2O4. The zero-order chi connectivity index (χ0) is 20.1. The molecule has 0 radical (unpaired) electrons. The molecule has 1 saturated carbocycles. The Morgan fingerprint density at radius 2 is 1.80 bits per heavy atom. The highest BCUT2D eigenvalue weighted by molar-refractivity contribution is 6.01. The molecule has 0 atom stereocenters. The van der Waals surface area contributed by atoms with Crippen molar-refractivity contribution in [1.82, 2.24) is 4.98 Å². The Labute approximate surface area is 173 Å². The second-order valence-corrected chi connectivity index (χ2v) is 7.93. The van der Waals surface area contributed by atoms with E-state index in [0.717, 1.165) is 54.2 Å². The molecule has 3 heterocycles. The summed E-state index contributed by atoms with van der Waals surface area (Å²) in [4.78, 5) is 17.8. The summed E-state index contributed by atoms with van der Waals surface area (Å²) in [5, 5.41) is 3.03. The maximum Gasteiger partial charge on any atom is 0.236 e. The quantitative estimate of drug-likeness (QED) is 0.715. The summed E-state index contributed by atoms with van der Waals surface area (Å²) < 4.78 is 16.5. The van der Waals surface area contributed by atoms with Crippen molar-refractivity contribution in [2.75, 3.05) is 18.7 Å². The third kappa shape index (κ3) is 2.79. The molecule has 2 aromatic carbocycles. The van der Waals surface area contributed by atoms with Gasteiger partial charge in [0.05, 0.1) is 17.7 Å². The lowest BCUT2D eigenvalue weighted by Gasteiger charge is -2.16. The Bertz CT molecular complexity index is 1170. The van der Waals surface area contributed by atoms with E-state index in [1.54, 1.807) is 0 Å². The number of rotatable bonds is 4. The predicted octanol–water partition coefficient (Wildman–Crippen LogP) is 4.08. The van der Waals surface area contributed by atoms with Crippen molar-refractivity contribution in [3.05, 3.63) is 65.7 Å². The number of fused-ring (bicyclic) bond motifs is 2. The second kappa shape index (κ2) is 6.49. The fourth-order valence-electron chi connectivity index (χ4n) is 4.21. The Morgan fingerprint density at radius 1 is 0.933 bits per heavy atom. The van der Waals surface area contributed by atoms with Crippen LogP contribution in [0.15, 0.2) is 54.6 Å². The number of amides is 1. The van der Waals surface area contributed by atoms with Crippen LogP contribution in [0.3, 0.4) is 0 Å². The standard InChI is InChI=1S/C24H20N2O4/c27-23(24(9-10-24)17-5-7-20-21(13-17)30-14-29-20)26-22-3-1-2-18(25-22)15-4-6-19-16(12-15)8-11-28-19/h1-7,12-13H,8-11,14H2,(H,25,26,27). The zero-order valence-electron chi connectivity index (χ0n) is 16.3. The van der Waals surface area contributed by atoms with E-state index in [9.17, 15) is 4.79 Å². The van der Waals surface area contributed by atoms with Gasteiger partial charge >= 0.3 is 0 Å². The molecule has 0 saturated heterocycles. The zero-order valence-corrected chi connectivity index (χ0v) is 16.3. The monoisotopic (exact) mass is 400 g/mol. The number of hydrogen-bond donors (Lipinski definition) is 1. The van der Waals surface area contributed by atoms with E-state index < -0.39 is 5.41 Å². The molecular weight excluding hydrogens is 380 g/mol. The number of pyridine rings is 1. The third-order valence-corrected chi connectivity index (χ3v) is 6.09. The number of benzene rings is 2. The summed E-state index contributed by atoms with van der Waals surface area (Å²) in [5.41, 5.74) is 3.48. The van der Waals surface area contributed by atoms with Crippen LogP contribution in [0.5, 0.6) is 17.2 Å². The first kappa shape index (κ1) is 17.3. The van der Waals surface area contributed by atoms with Crippen molar-refractivity contribution in [3.8, 4) is 28.5 Å². The van der Waals surface area contributed by atoms with Gasteiger partial charge in [-0.3, -0.25) is 4.79 Å². The molecule has 1 N–H and O–H groups in total. The predicted molar refractivity (Wildman–Crippen MR) is 111 cm³/mol. The SMILES string of the molecule is O=C(Nc1cccc(-c2ccc3c(c2)CCO3)n1)C1(c2ccc3c(c2)OCO3)CC1. The summed E-state index contributed by atoms with van der Waals surface area (Å²) in [7, 11) is 0. The van der Waals surface area contributed by atoms with Crippen LogP contribution in [0.4, 0.5) is 5.82 Å². The fourth-order valence-corrected chi connectivity index (χ4v) is 4.21. The third-order valence-electron chi connectivity index (χ3n) is 6.09. The molecule has 0 spiro atoms. The molecule has 0 unspecified atom stereocenters. The van der Waals surface area contributed by atoms with E-state index in [0.29, 0.717) is 11.6 Å². The molecule has 1 aliphatic carbocycles. The maximum atomic E-state index is 13.2. The van der Waals surface area contributed by atoms with Crippen LogP contribution in [0.2, 0.25) is 0 Å². The average Bonchev–Trinajstić information content (AvgIpc) is 3.23. The number of nitrogens with one attached hydrogen (secondary N) is 1. The Hall–Kier alpha value is -3.54. The summed E-state index contributed by atoms with van der Waals surface area (Å²) in [6.07, 6.45) is 2.53. The van der Waals surface area contributed by atoms with Crippen LogP contribution >= 0.6 is 0 Å². The molecule has 1 fully saturated rings. The van der Waals surface area contributed by atoms with E-state index in [4.69, 9.17) is 14.2 Å². The van der Waals surface area contributed by atoms with Gasteiger partial charge in [0, 0.05) is 12.0 Å². The van der Waals surface area contributed by atoms with Gasteiger partial charge in [0.25, 0.3) is 0 Å². The van der Waals surface area contributed by atoms with Crippen LogP contribution < -0.4 is 19.5 Å². The smallest absolute Gasteiger partial charge is 0.236 e. The van der Waals surface area contributed by atoms with Gasteiger partial charge in [-0.05, 0) is 66.4 Å². The van der Waals surface area contributed by atoms with Gasteiger partial charge in [0.2, 0.25) is 12.7 Å². The highest BCUT2D eigenvalue weighted by Crippen LogP contribution is 2.51. The Balaban J connectivity index is 1.25. The van der Waals surface area contributed by atoms with E-state index in [1.165, 1.54) is 5.56 Å². The van der Waals surface area contributed by atoms with Gasteiger partial charge in [0.1, 0.15) is 11.6 Å². The second-order valence-electron chi connectivity index (χ2n) is 7.93. The molecule has 1 aromatic heterocycles. The van der Waals surface area contributed by atoms with Gasteiger partial charge in [-0.2, -0.15) is 0 Å². The first-order valence-corrected chi connectivity index (χ1v) is 10.2. The van der Waals surface area contributed by atoms with Gasteiger partial charge < -0.3 is 19.5 Å². The molecule has 1 amide bonds. The van der Waals surface area contributed by atoms with Crippen molar-refractivity contribution < 1.29 is 19.0 Å². The summed E-state index contributed by atoms with van der Waals surface area (Å²) in [5.74, 6) is 2.90. The molecule has 6 rings (SSSR count). The number of ether oxygens (including phenoxy) is 3.